The number of carbonyl (C=O) groups excluding carboxylic acids is 3. The summed E-state index contributed by atoms with van der Waals surface area (Å²) in [6, 6.07) is 3.84. The fourth-order valence-corrected chi connectivity index (χ4v) is 1.88. The van der Waals surface area contributed by atoms with Gasteiger partial charge in [0.05, 0.1) is 17.1 Å². The van der Waals surface area contributed by atoms with E-state index in [4.69, 9.17) is 33.7 Å². The summed E-state index contributed by atoms with van der Waals surface area (Å²) >= 11 is 11.7. The third-order valence-electron chi connectivity index (χ3n) is 2.49. The van der Waals surface area contributed by atoms with E-state index in [9.17, 15) is 14.4 Å². The van der Waals surface area contributed by atoms with Crippen LogP contribution in [0, 0.1) is 0 Å². The van der Waals surface area contributed by atoms with E-state index in [2.05, 4.69) is 10.6 Å². The molecule has 0 heterocycles. The van der Waals surface area contributed by atoms with Crippen LogP contribution in [0.5, 0.6) is 0 Å². The summed E-state index contributed by atoms with van der Waals surface area (Å²) in [5.74, 6) is -1.18. The lowest BCUT2D eigenvalue weighted by Gasteiger charge is -2.14. The summed E-state index contributed by atoms with van der Waals surface area (Å²) in [7, 11) is 0. The molecular weight excluding hydrogens is 333 g/mol. The first-order chi connectivity index (χ1) is 10.3. The Hall–Kier alpha value is -1.99. The highest BCUT2D eigenvalue weighted by Gasteiger charge is 2.18. The average Bonchev–Trinajstić information content (AvgIpc) is 2.41. The molecule has 9 heteroatoms. The summed E-state index contributed by atoms with van der Waals surface area (Å²) in [5, 5.41) is 5.46. The Bertz CT molecular complexity index is 580. The van der Waals surface area contributed by atoms with Gasteiger partial charge in [0.2, 0.25) is 0 Å². The first-order valence-electron chi connectivity index (χ1n) is 6.28. The van der Waals surface area contributed by atoms with Crippen molar-refractivity contribution in [2.45, 2.75) is 19.4 Å². The van der Waals surface area contributed by atoms with Crippen molar-refractivity contribution in [3.05, 3.63) is 28.2 Å². The molecule has 0 spiro atoms. The van der Waals surface area contributed by atoms with Crippen molar-refractivity contribution in [1.29, 1.82) is 0 Å². The van der Waals surface area contributed by atoms with Crippen molar-refractivity contribution in [1.82, 2.24) is 5.32 Å². The normalized spacial score (nSPS) is 11.4. The number of hydrogen-bond donors (Lipinski definition) is 3. The molecule has 4 N–H and O–H groups in total. The lowest BCUT2D eigenvalue weighted by molar-refractivity contribution is -0.153. The number of primary amides is 1. The molecule has 1 aromatic rings. The molecule has 7 nitrogen and oxygen atoms in total. The predicted octanol–water partition coefficient (Wildman–Crippen LogP) is 1.92. The predicted molar refractivity (Wildman–Crippen MR) is 82.8 cm³/mol. The summed E-state index contributed by atoms with van der Waals surface area (Å²) < 4.78 is 4.92. The molecule has 0 saturated heterocycles. The topological polar surface area (TPSA) is 111 Å². The van der Waals surface area contributed by atoms with E-state index in [1.54, 1.807) is 6.07 Å². The Balaban J connectivity index is 2.47. The van der Waals surface area contributed by atoms with E-state index in [0.717, 1.165) is 0 Å². The number of nitrogens with one attached hydrogen (secondary N) is 2. The Labute approximate surface area is 137 Å². The lowest BCUT2D eigenvalue weighted by Crippen LogP contribution is -2.33. The molecular formula is C13H15Cl2N3O4. The maximum absolute atomic E-state index is 11.9. The van der Waals surface area contributed by atoms with E-state index in [-0.39, 0.29) is 18.0 Å². The molecule has 0 aliphatic rings. The molecule has 0 saturated carbocycles. The molecule has 0 bridgehead atoms. The average molecular weight is 348 g/mol. The van der Waals surface area contributed by atoms with E-state index in [1.165, 1.54) is 19.1 Å². The van der Waals surface area contributed by atoms with Gasteiger partial charge in [-0.15, -0.1) is 0 Å². The SMILES string of the molecule is C[C@H](OC(=O)CCNC(N)=O)C(=O)Nc1ccc(Cl)cc1Cl. The summed E-state index contributed by atoms with van der Waals surface area (Å²) in [6.45, 7) is 1.45. The second-order valence-electron chi connectivity index (χ2n) is 4.29. The van der Waals surface area contributed by atoms with Crippen molar-refractivity contribution in [3.63, 3.8) is 0 Å². The number of urea groups is 1. The van der Waals surface area contributed by atoms with Crippen LogP contribution in [-0.4, -0.2) is 30.6 Å². The molecule has 0 aliphatic carbocycles. The molecule has 1 rings (SSSR count). The highest BCUT2D eigenvalue weighted by atomic mass is 35.5. The van der Waals surface area contributed by atoms with Crippen molar-refractivity contribution < 1.29 is 19.1 Å². The summed E-state index contributed by atoms with van der Waals surface area (Å²) in [4.78, 5) is 33.8. The Morgan fingerprint density at radius 1 is 1.32 bits per heavy atom. The fraction of sp³-hybridized carbons (Fsp3) is 0.308. The smallest absolute Gasteiger partial charge is 0.312 e. The number of esters is 1. The van der Waals surface area contributed by atoms with Crippen LogP contribution in [0.15, 0.2) is 18.2 Å². The van der Waals surface area contributed by atoms with Crippen molar-refractivity contribution >= 4 is 46.8 Å². The van der Waals surface area contributed by atoms with Gasteiger partial charge in [0.25, 0.3) is 5.91 Å². The highest BCUT2D eigenvalue weighted by Crippen LogP contribution is 2.25. The van der Waals surface area contributed by atoms with Crippen LogP contribution in [0.3, 0.4) is 0 Å². The van der Waals surface area contributed by atoms with Gasteiger partial charge in [0.1, 0.15) is 0 Å². The third kappa shape index (κ3) is 6.19. The van der Waals surface area contributed by atoms with Gasteiger partial charge in [0, 0.05) is 11.6 Å². The number of carbonyl (C=O) groups is 3. The number of amides is 3. The number of nitrogens with two attached hydrogens (primary N) is 1. The van der Waals surface area contributed by atoms with Crippen LogP contribution in [0.4, 0.5) is 10.5 Å². The zero-order chi connectivity index (χ0) is 16.7. The van der Waals surface area contributed by atoms with E-state index < -0.39 is 24.0 Å². The molecule has 0 aromatic heterocycles. The van der Waals surface area contributed by atoms with Gasteiger partial charge in [-0.3, -0.25) is 9.59 Å². The molecule has 0 fully saturated rings. The van der Waals surface area contributed by atoms with Crippen LogP contribution < -0.4 is 16.4 Å². The number of halogens is 2. The van der Waals surface area contributed by atoms with Crippen molar-refractivity contribution in [3.8, 4) is 0 Å². The van der Waals surface area contributed by atoms with Crippen LogP contribution in [0.25, 0.3) is 0 Å². The molecule has 0 radical (unpaired) electrons. The van der Waals surface area contributed by atoms with Gasteiger partial charge in [0.15, 0.2) is 6.10 Å². The molecule has 1 aromatic carbocycles. The molecule has 120 valence electrons. The standard InChI is InChI=1S/C13H15Cl2N3O4/c1-7(22-11(19)4-5-17-13(16)21)12(20)18-10-3-2-8(14)6-9(10)15/h2-3,6-7H,4-5H2,1H3,(H,18,20)(H3,16,17,21)/t7-/m0/s1. The number of rotatable bonds is 6. The number of benzene rings is 1. The van der Waals surface area contributed by atoms with Crippen molar-refractivity contribution in [2.75, 3.05) is 11.9 Å². The zero-order valence-corrected chi connectivity index (χ0v) is 13.2. The summed E-state index contributed by atoms with van der Waals surface area (Å²) in [5.41, 5.74) is 5.21. The van der Waals surface area contributed by atoms with Gasteiger partial charge >= 0.3 is 12.0 Å². The van der Waals surface area contributed by atoms with Crippen LogP contribution >= 0.6 is 23.2 Å². The van der Waals surface area contributed by atoms with Crippen LogP contribution in [0.1, 0.15) is 13.3 Å². The van der Waals surface area contributed by atoms with Crippen LogP contribution in [-0.2, 0) is 14.3 Å². The van der Waals surface area contributed by atoms with Gasteiger partial charge in [-0.05, 0) is 25.1 Å². The molecule has 22 heavy (non-hydrogen) atoms. The lowest BCUT2D eigenvalue weighted by atomic mass is 10.3. The monoisotopic (exact) mass is 347 g/mol. The van der Waals surface area contributed by atoms with E-state index >= 15 is 0 Å². The van der Waals surface area contributed by atoms with E-state index in [1.807, 2.05) is 0 Å². The molecule has 0 unspecified atom stereocenters. The maximum Gasteiger partial charge on any atom is 0.312 e. The first kappa shape index (κ1) is 18.1. The van der Waals surface area contributed by atoms with Gasteiger partial charge in [-0.1, -0.05) is 23.2 Å². The van der Waals surface area contributed by atoms with E-state index in [0.29, 0.717) is 10.7 Å². The zero-order valence-electron chi connectivity index (χ0n) is 11.7. The van der Waals surface area contributed by atoms with Gasteiger partial charge in [-0.25, -0.2) is 4.79 Å². The second kappa shape index (κ2) is 8.45. The van der Waals surface area contributed by atoms with Crippen LogP contribution in [0.2, 0.25) is 10.0 Å². The Morgan fingerprint density at radius 3 is 2.59 bits per heavy atom. The van der Waals surface area contributed by atoms with Gasteiger partial charge in [-0.2, -0.15) is 0 Å². The third-order valence-corrected chi connectivity index (χ3v) is 3.04. The molecule has 3 amide bonds. The second-order valence-corrected chi connectivity index (χ2v) is 5.13. The highest BCUT2D eigenvalue weighted by molar-refractivity contribution is 6.36. The first-order valence-corrected chi connectivity index (χ1v) is 7.04. The number of ether oxygens (including phenoxy) is 1. The number of hydrogen-bond acceptors (Lipinski definition) is 4. The minimum Gasteiger partial charge on any atom is -0.452 e. The largest absolute Gasteiger partial charge is 0.452 e. The maximum atomic E-state index is 11.9. The number of anilines is 1. The molecule has 0 aliphatic heterocycles. The minimum absolute atomic E-state index is 0.0333. The van der Waals surface area contributed by atoms with Crippen molar-refractivity contribution in [2.24, 2.45) is 5.73 Å². The Kier molecular flexibility index (Phi) is 6.94. The minimum atomic E-state index is -1.02. The van der Waals surface area contributed by atoms with Gasteiger partial charge < -0.3 is 21.1 Å². The molecule has 1 atom stereocenters. The Morgan fingerprint density at radius 2 is 2.00 bits per heavy atom. The quantitative estimate of drug-likeness (QED) is 0.682. The summed E-state index contributed by atoms with van der Waals surface area (Å²) in [6.07, 6.45) is -1.12. The fourth-order valence-electron chi connectivity index (χ4n) is 1.42.